The van der Waals surface area contributed by atoms with E-state index in [1.807, 2.05) is 0 Å². The van der Waals surface area contributed by atoms with Crippen LogP contribution in [0.25, 0.3) is 0 Å². The van der Waals surface area contributed by atoms with Gasteiger partial charge in [-0.3, -0.25) is 4.79 Å². The highest BCUT2D eigenvalue weighted by molar-refractivity contribution is 5.66. The van der Waals surface area contributed by atoms with E-state index < -0.39 is 5.97 Å². The molecule has 2 heteroatoms. The number of rotatable bonds is 11. The molecule has 0 unspecified atom stereocenters. The molecule has 1 rings (SSSR count). The lowest BCUT2D eigenvalue weighted by atomic mass is 9.97. The fourth-order valence-corrected chi connectivity index (χ4v) is 2.56. The fourth-order valence-electron chi connectivity index (χ4n) is 2.56. The maximum atomic E-state index is 10.5. The van der Waals surface area contributed by atoms with Crippen molar-refractivity contribution in [2.24, 2.45) is 0 Å². The largest absolute Gasteiger partial charge is 0.481 e. The second-order valence-corrected chi connectivity index (χ2v) is 5.53. The van der Waals surface area contributed by atoms with Gasteiger partial charge in [0, 0.05) is 6.42 Å². The zero-order chi connectivity index (χ0) is 14.6. The predicted molar refractivity (Wildman–Crippen MR) is 84.1 cm³/mol. The average Bonchev–Trinajstić information content (AvgIpc) is 2.44. The summed E-state index contributed by atoms with van der Waals surface area (Å²) in [5.74, 6) is -0.686. The van der Waals surface area contributed by atoms with Gasteiger partial charge >= 0.3 is 5.97 Å². The zero-order valence-electron chi connectivity index (χ0n) is 12.7. The van der Waals surface area contributed by atoms with Gasteiger partial charge in [0.25, 0.3) is 0 Å². The van der Waals surface area contributed by atoms with Crippen LogP contribution < -0.4 is 0 Å². The first kappa shape index (κ1) is 16.7. The van der Waals surface area contributed by atoms with Gasteiger partial charge in [-0.15, -0.1) is 0 Å². The molecule has 20 heavy (non-hydrogen) atoms. The highest BCUT2D eigenvalue weighted by Crippen LogP contribution is 2.16. The Hall–Kier alpha value is -1.31. The predicted octanol–water partition coefficient (Wildman–Crippen LogP) is 5.00. The molecule has 0 fully saturated rings. The third-order valence-electron chi connectivity index (χ3n) is 3.75. The lowest BCUT2D eigenvalue weighted by Gasteiger charge is -2.09. The van der Waals surface area contributed by atoms with E-state index in [2.05, 4.69) is 31.2 Å². The summed E-state index contributed by atoms with van der Waals surface area (Å²) in [7, 11) is 0. The van der Waals surface area contributed by atoms with E-state index in [0.717, 1.165) is 19.3 Å². The van der Waals surface area contributed by atoms with E-state index >= 15 is 0 Å². The Labute approximate surface area is 123 Å². The van der Waals surface area contributed by atoms with Crippen molar-refractivity contribution < 1.29 is 9.90 Å². The van der Waals surface area contributed by atoms with Gasteiger partial charge in [0.05, 0.1) is 0 Å². The molecule has 1 aromatic carbocycles. The van der Waals surface area contributed by atoms with E-state index in [1.54, 1.807) is 0 Å². The van der Waals surface area contributed by atoms with Crippen molar-refractivity contribution in [3.05, 3.63) is 35.4 Å². The number of aryl methyl sites for hydroxylation is 2. The first-order chi connectivity index (χ1) is 9.74. The first-order valence-electron chi connectivity index (χ1n) is 8.02. The number of aliphatic carboxylic acids is 1. The molecule has 0 aliphatic carbocycles. The lowest BCUT2D eigenvalue weighted by molar-refractivity contribution is -0.137. The molecule has 1 N–H and O–H groups in total. The molecule has 0 heterocycles. The minimum absolute atomic E-state index is 0.291. The monoisotopic (exact) mass is 276 g/mol. The third kappa shape index (κ3) is 7.32. The summed E-state index contributed by atoms with van der Waals surface area (Å²) in [6.45, 7) is 2.24. The van der Waals surface area contributed by atoms with E-state index in [4.69, 9.17) is 5.11 Å². The molecule has 1 aromatic rings. The van der Waals surface area contributed by atoms with Crippen molar-refractivity contribution >= 4 is 5.97 Å². The number of carbonyl (C=O) groups is 1. The Morgan fingerprint density at radius 3 is 2.00 bits per heavy atom. The molecule has 0 aliphatic heterocycles. The van der Waals surface area contributed by atoms with Crippen LogP contribution in [0.2, 0.25) is 0 Å². The topological polar surface area (TPSA) is 37.3 Å². The maximum Gasteiger partial charge on any atom is 0.303 e. The van der Waals surface area contributed by atoms with Crippen LogP contribution in [0.4, 0.5) is 0 Å². The molecule has 0 aliphatic rings. The Morgan fingerprint density at radius 1 is 0.900 bits per heavy atom. The summed E-state index contributed by atoms with van der Waals surface area (Å²) in [5, 5.41) is 8.65. The Morgan fingerprint density at radius 2 is 1.45 bits per heavy atom. The number of hydrogen-bond acceptors (Lipinski definition) is 1. The highest BCUT2D eigenvalue weighted by Gasteiger charge is 2.03. The highest BCUT2D eigenvalue weighted by atomic mass is 16.4. The van der Waals surface area contributed by atoms with Crippen LogP contribution in [-0.4, -0.2) is 11.1 Å². The molecule has 0 amide bonds. The molecular weight excluding hydrogens is 248 g/mol. The molecule has 0 radical (unpaired) electrons. The van der Waals surface area contributed by atoms with Gasteiger partial charge in [-0.25, -0.2) is 0 Å². The molecule has 0 spiro atoms. The van der Waals surface area contributed by atoms with Crippen molar-refractivity contribution in [3.63, 3.8) is 0 Å². The van der Waals surface area contributed by atoms with E-state index in [-0.39, 0.29) is 0 Å². The molecule has 0 atom stereocenters. The van der Waals surface area contributed by atoms with Gasteiger partial charge < -0.3 is 5.11 Å². The quantitative estimate of drug-likeness (QED) is 0.578. The minimum atomic E-state index is -0.686. The lowest BCUT2D eigenvalue weighted by Crippen LogP contribution is -1.97. The van der Waals surface area contributed by atoms with Gasteiger partial charge in [0.1, 0.15) is 0 Å². The van der Waals surface area contributed by atoms with Crippen molar-refractivity contribution in [2.75, 3.05) is 0 Å². The Bertz CT molecular complexity index is 385. The number of hydrogen-bond donors (Lipinski definition) is 1. The normalized spacial score (nSPS) is 10.7. The van der Waals surface area contributed by atoms with Crippen LogP contribution in [-0.2, 0) is 17.6 Å². The molecule has 0 aromatic heterocycles. The molecule has 0 bridgehead atoms. The Balaban J connectivity index is 2.32. The zero-order valence-corrected chi connectivity index (χ0v) is 12.7. The third-order valence-corrected chi connectivity index (χ3v) is 3.75. The number of carboxylic acids is 1. The van der Waals surface area contributed by atoms with Gasteiger partial charge in [0.15, 0.2) is 0 Å². The van der Waals surface area contributed by atoms with Gasteiger partial charge in [0.2, 0.25) is 0 Å². The smallest absolute Gasteiger partial charge is 0.303 e. The number of unbranched alkanes of at least 4 members (excludes halogenated alkanes) is 5. The molecule has 112 valence electrons. The maximum absolute atomic E-state index is 10.5. The summed E-state index contributed by atoms with van der Waals surface area (Å²) < 4.78 is 0. The number of benzene rings is 1. The van der Waals surface area contributed by atoms with Crippen LogP contribution in [0.1, 0.15) is 69.4 Å². The van der Waals surface area contributed by atoms with Crippen LogP contribution in [0.5, 0.6) is 0 Å². The SMILES string of the molecule is CCCCCCCc1ccccc1CCCCC(=O)O. The Kier molecular flexibility index (Phi) is 8.77. The fraction of sp³-hybridized carbons (Fsp3) is 0.611. The van der Waals surface area contributed by atoms with Crippen molar-refractivity contribution in [1.82, 2.24) is 0 Å². The second-order valence-electron chi connectivity index (χ2n) is 5.53. The van der Waals surface area contributed by atoms with Crippen LogP contribution in [0, 0.1) is 0 Å². The van der Waals surface area contributed by atoms with Crippen molar-refractivity contribution in [1.29, 1.82) is 0 Å². The summed E-state index contributed by atoms with van der Waals surface area (Å²) in [4.78, 5) is 10.5. The van der Waals surface area contributed by atoms with Gasteiger partial charge in [-0.05, 0) is 43.2 Å². The molecular formula is C18H28O2. The summed E-state index contributed by atoms with van der Waals surface area (Å²) in [6, 6.07) is 8.63. The molecule has 2 nitrogen and oxygen atoms in total. The summed E-state index contributed by atoms with van der Waals surface area (Å²) in [6.07, 6.45) is 10.8. The average molecular weight is 276 g/mol. The second kappa shape index (κ2) is 10.5. The summed E-state index contributed by atoms with van der Waals surface area (Å²) in [5.41, 5.74) is 2.87. The summed E-state index contributed by atoms with van der Waals surface area (Å²) >= 11 is 0. The van der Waals surface area contributed by atoms with Crippen LogP contribution in [0.3, 0.4) is 0 Å². The number of carboxylic acid groups (broad SMARTS) is 1. The van der Waals surface area contributed by atoms with E-state index in [0.29, 0.717) is 6.42 Å². The minimum Gasteiger partial charge on any atom is -0.481 e. The first-order valence-corrected chi connectivity index (χ1v) is 8.02. The van der Waals surface area contributed by atoms with Gasteiger partial charge in [-0.2, -0.15) is 0 Å². The molecule has 0 saturated heterocycles. The van der Waals surface area contributed by atoms with E-state index in [9.17, 15) is 4.79 Å². The van der Waals surface area contributed by atoms with Crippen LogP contribution in [0.15, 0.2) is 24.3 Å². The van der Waals surface area contributed by atoms with E-state index in [1.165, 1.54) is 49.7 Å². The van der Waals surface area contributed by atoms with Gasteiger partial charge in [-0.1, -0.05) is 56.9 Å². The van der Waals surface area contributed by atoms with Crippen molar-refractivity contribution in [2.45, 2.75) is 71.1 Å². The standard InChI is InChI=1S/C18H28O2/c1-2-3-4-5-6-11-16-12-7-8-13-17(16)14-9-10-15-18(19)20/h7-8,12-13H,2-6,9-11,14-15H2,1H3,(H,19,20). The van der Waals surface area contributed by atoms with Crippen molar-refractivity contribution in [3.8, 4) is 0 Å². The van der Waals surface area contributed by atoms with Crippen LogP contribution >= 0.6 is 0 Å². The molecule has 0 saturated carbocycles.